The highest BCUT2D eigenvalue weighted by molar-refractivity contribution is 9.12. The fourth-order valence-electron chi connectivity index (χ4n) is 3.37. The Morgan fingerprint density at radius 1 is 0.885 bits per heavy atom. The van der Waals surface area contributed by atoms with Crippen molar-refractivity contribution in [2.75, 3.05) is 5.75 Å². The number of hydrogen-bond acceptors (Lipinski definition) is 3. The molecule has 0 saturated carbocycles. The largest absolute Gasteiger partial charge is 0.288 e. The Hall–Kier alpha value is 1.02. The van der Waals surface area contributed by atoms with Crippen LogP contribution in [0.25, 0.3) is 0 Å². The number of unbranched alkanes of at least 4 members (excludes halogenated alkanes) is 12. The lowest BCUT2D eigenvalue weighted by Gasteiger charge is -2.16. The number of allylic oxidation sites excluding steroid dienone is 2. The van der Waals surface area contributed by atoms with Crippen molar-refractivity contribution in [3.05, 3.63) is 11.0 Å². The van der Waals surface area contributed by atoms with E-state index >= 15 is 0 Å². The monoisotopic (exact) mass is 436 g/mol. The van der Waals surface area contributed by atoms with E-state index in [1.54, 1.807) is 22.8 Å². The minimum absolute atomic E-state index is 0.999. The standard InChI is InChI=1S/C21H41OPS3/c1-2-3-4-5-6-7-8-9-10-11-12-13-17-20-25-23(22,24)26-21-18-15-14-16-19-21/h18H,2-17,19-20H2,1H3,(H,22,24). The summed E-state index contributed by atoms with van der Waals surface area (Å²) in [6.07, 6.45) is 25.0. The predicted molar refractivity (Wildman–Crippen MR) is 129 cm³/mol. The van der Waals surface area contributed by atoms with Gasteiger partial charge >= 0.3 is 0 Å². The summed E-state index contributed by atoms with van der Waals surface area (Å²) in [4.78, 5) is 1.31. The molecule has 0 heterocycles. The molecule has 0 bridgehead atoms. The molecule has 1 aliphatic carbocycles. The molecular formula is C21H41OPS3. The maximum Gasteiger partial charge on any atom is 0.245 e. The first kappa shape index (κ1) is 25.1. The molecule has 0 aromatic rings. The minimum atomic E-state index is -2.39. The summed E-state index contributed by atoms with van der Waals surface area (Å²) in [7, 11) is 0. The van der Waals surface area contributed by atoms with Gasteiger partial charge in [-0.05, 0) is 48.4 Å². The van der Waals surface area contributed by atoms with Gasteiger partial charge in [0.05, 0.1) is 0 Å². The van der Waals surface area contributed by atoms with Crippen LogP contribution in [0.15, 0.2) is 11.0 Å². The van der Waals surface area contributed by atoms with Gasteiger partial charge in [0.25, 0.3) is 0 Å². The van der Waals surface area contributed by atoms with E-state index in [2.05, 4.69) is 25.2 Å². The van der Waals surface area contributed by atoms with Crippen LogP contribution < -0.4 is 0 Å². The molecule has 0 spiro atoms. The summed E-state index contributed by atoms with van der Waals surface area (Å²) < 4.78 is 10.2. The van der Waals surface area contributed by atoms with Gasteiger partial charge in [-0.3, -0.25) is 4.57 Å². The molecule has 0 N–H and O–H groups in total. The third kappa shape index (κ3) is 15.0. The van der Waals surface area contributed by atoms with Gasteiger partial charge in [-0.25, -0.2) is 0 Å². The maximum absolute atomic E-state index is 12.5. The van der Waals surface area contributed by atoms with Crippen LogP contribution in [0.2, 0.25) is 0 Å². The molecule has 1 unspecified atom stereocenters. The molecular weight excluding hydrogens is 395 g/mol. The van der Waals surface area contributed by atoms with Crippen molar-refractivity contribution in [1.29, 1.82) is 0 Å². The average Bonchev–Trinajstić information content (AvgIpc) is 2.62. The summed E-state index contributed by atoms with van der Waals surface area (Å²) in [5.74, 6) is 0.999. The summed E-state index contributed by atoms with van der Waals surface area (Å²) in [5, 5.41) is 0. The second kappa shape index (κ2) is 16.9. The molecule has 1 nitrogen and oxygen atoms in total. The number of thiol groups is 1. The SMILES string of the molecule is CCCCCCCCCCCCCCCSP(=O)(S)SC1=CCCCC1. The highest BCUT2D eigenvalue weighted by atomic mass is 33.4. The van der Waals surface area contributed by atoms with Gasteiger partial charge in [0, 0.05) is 5.75 Å². The molecule has 154 valence electrons. The van der Waals surface area contributed by atoms with Crippen molar-refractivity contribution < 1.29 is 4.57 Å². The zero-order chi connectivity index (χ0) is 18.9. The van der Waals surface area contributed by atoms with Gasteiger partial charge in [-0.1, -0.05) is 114 Å². The molecule has 0 fully saturated rings. The Morgan fingerprint density at radius 3 is 1.92 bits per heavy atom. The Balaban J connectivity index is 1.85. The molecule has 1 rings (SSSR count). The van der Waals surface area contributed by atoms with Gasteiger partial charge in [0.1, 0.15) is 0 Å². The van der Waals surface area contributed by atoms with Crippen LogP contribution in [0, 0.1) is 0 Å². The van der Waals surface area contributed by atoms with E-state index in [9.17, 15) is 4.57 Å². The quantitative estimate of drug-likeness (QED) is 0.139. The van der Waals surface area contributed by atoms with Gasteiger partial charge in [-0.2, -0.15) is 0 Å². The molecule has 26 heavy (non-hydrogen) atoms. The van der Waals surface area contributed by atoms with Gasteiger partial charge < -0.3 is 0 Å². The van der Waals surface area contributed by atoms with Crippen LogP contribution in [0.5, 0.6) is 0 Å². The minimum Gasteiger partial charge on any atom is -0.288 e. The first-order valence-corrected chi connectivity index (χ1v) is 16.9. The lowest BCUT2D eigenvalue weighted by Crippen LogP contribution is -1.87. The normalized spacial score (nSPS) is 17.1. The smallest absolute Gasteiger partial charge is 0.245 e. The van der Waals surface area contributed by atoms with E-state index in [-0.39, 0.29) is 0 Å². The van der Waals surface area contributed by atoms with Crippen LogP contribution >= 0.6 is 39.8 Å². The van der Waals surface area contributed by atoms with E-state index in [0.29, 0.717) is 0 Å². The molecule has 0 radical (unpaired) electrons. The van der Waals surface area contributed by atoms with Crippen molar-refractivity contribution in [1.82, 2.24) is 0 Å². The topological polar surface area (TPSA) is 17.1 Å². The fourth-order valence-corrected chi connectivity index (χ4v) is 11.0. The van der Waals surface area contributed by atoms with Crippen molar-refractivity contribution in [3.8, 4) is 0 Å². The zero-order valence-corrected chi connectivity index (χ0v) is 20.3. The molecule has 0 amide bonds. The lowest BCUT2D eigenvalue weighted by atomic mass is 10.1. The van der Waals surface area contributed by atoms with E-state index in [1.165, 1.54) is 101 Å². The molecule has 1 aliphatic rings. The first-order chi connectivity index (χ1) is 12.6. The summed E-state index contributed by atoms with van der Waals surface area (Å²) in [6.45, 7) is 2.28. The fraction of sp³-hybridized carbons (Fsp3) is 0.905. The van der Waals surface area contributed by atoms with Gasteiger partial charge in [-0.15, -0.1) is 0 Å². The maximum atomic E-state index is 12.5. The van der Waals surface area contributed by atoms with Crippen LogP contribution in [0.3, 0.4) is 0 Å². The number of rotatable bonds is 17. The van der Waals surface area contributed by atoms with Crippen LogP contribution in [-0.2, 0) is 4.57 Å². The molecule has 0 aromatic carbocycles. The highest BCUT2D eigenvalue weighted by Gasteiger charge is 2.21. The Morgan fingerprint density at radius 2 is 1.42 bits per heavy atom. The Labute approximate surface area is 176 Å². The van der Waals surface area contributed by atoms with Gasteiger partial charge in [0.15, 0.2) is 0 Å². The van der Waals surface area contributed by atoms with Crippen molar-refractivity contribution in [2.45, 2.75) is 116 Å². The second-order valence-electron chi connectivity index (χ2n) is 7.55. The lowest BCUT2D eigenvalue weighted by molar-refractivity contribution is 0.543. The van der Waals surface area contributed by atoms with Crippen LogP contribution in [0.4, 0.5) is 0 Å². The van der Waals surface area contributed by atoms with E-state index in [1.807, 2.05) is 0 Å². The van der Waals surface area contributed by atoms with Crippen LogP contribution in [-0.4, -0.2) is 5.75 Å². The van der Waals surface area contributed by atoms with E-state index < -0.39 is 4.75 Å². The Kier molecular flexibility index (Phi) is 16.3. The molecule has 0 aliphatic heterocycles. The third-order valence-corrected chi connectivity index (χ3v) is 12.9. The summed E-state index contributed by atoms with van der Waals surface area (Å²) in [6, 6.07) is 0. The average molecular weight is 437 g/mol. The van der Waals surface area contributed by atoms with Crippen molar-refractivity contribution in [2.24, 2.45) is 0 Å². The Bertz CT molecular complexity index is 412. The van der Waals surface area contributed by atoms with Crippen molar-refractivity contribution in [3.63, 3.8) is 0 Å². The molecule has 0 aromatic heterocycles. The van der Waals surface area contributed by atoms with Crippen LogP contribution in [0.1, 0.15) is 116 Å². The predicted octanol–water partition coefficient (Wildman–Crippen LogP) is 10.0. The van der Waals surface area contributed by atoms with Gasteiger partial charge in [0.2, 0.25) is 4.75 Å². The van der Waals surface area contributed by atoms with E-state index in [0.717, 1.165) is 18.6 Å². The molecule has 1 atom stereocenters. The highest BCUT2D eigenvalue weighted by Crippen LogP contribution is 2.75. The molecule has 0 saturated heterocycles. The third-order valence-electron chi connectivity index (χ3n) is 4.98. The first-order valence-electron chi connectivity index (χ1n) is 11.0. The van der Waals surface area contributed by atoms with Crippen molar-refractivity contribution >= 4 is 39.8 Å². The summed E-state index contributed by atoms with van der Waals surface area (Å²) in [5.41, 5.74) is 0. The second-order valence-corrected chi connectivity index (χ2v) is 18.3. The summed E-state index contributed by atoms with van der Waals surface area (Å²) >= 11 is 7.60. The van der Waals surface area contributed by atoms with E-state index in [4.69, 9.17) is 0 Å². The number of hydrogen-bond donors (Lipinski definition) is 1. The molecule has 5 heteroatoms. The zero-order valence-electron chi connectivity index (χ0n) is 16.9.